The normalized spacial score (nSPS) is 21.9. The van der Waals surface area contributed by atoms with E-state index in [-0.39, 0.29) is 17.8 Å². The maximum Gasteiger partial charge on any atom is 0.305 e. The van der Waals surface area contributed by atoms with E-state index < -0.39 is 0 Å². The molecule has 1 saturated heterocycles. The molecule has 0 aromatic carbocycles. The van der Waals surface area contributed by atoms with E-state index in [0.29, 0.717) is 32.4 Å². The highest BCUT2D eigenvalue weighted by Crippen LogP contribution is 2.08. The van der Waals surface area contributed by atoms with Gasteiger partial charge in [-0.05, 0) is 13.3 Å². The molecule has 1 N–H and O–H groups in total. The summed E-state index contributed by atoms with van der Waals surface area (Å²) in [5.41, 5.74) is 0. The predicted octanol–water partition coefficient (Wildman–Crippen LogP) is 0.261. The van der Waals surface area contributed by atoms with Gasteiger partial charge >= 0.3 is 5.97 Å². The molecule has 0 radical (unpaired) electrons. The first kappa shape index (κ1) is 10.2. The summed E-state index contributed by atoms with van der Waals surface area (Å²) in [7, 11) is 0. The first-order chi connectivity index (χ1) is 6.22. The van der Waals surface area contributed by atoms with Crippen LogP contribution in [0.5, 0.6) is 0 Å². The number of hydrogen-bond donors (Lipinski definition) is 1. The Morgan fingerprint density at radius 2 is 2.46 bits per heavy atom. The molecule has 0 aromatic heterocycles. The molecule has 4 heteroatoms. The highest BCUT2D eigenvalue weighted by molar-refractivity contribution is 5.83. The lowest BCUT2D eigenvalue weighted by molar-refractivity contribution is -0.143. The van der Waals surface area contributed by atoms with Crippen LogP contribution in [-0.4, -0.2) is 30.9 Å². The minimum absolute atomic E-state index is 0.177. The number of rotatable bonds is 4. The Morgan fingerprint density at radius 1 is 1.69 bits per heavy atom. The van der Waals surface area contributed by atoms with Gasteiger partial charge in [0.15, 0.2) is 0 Å². The molecule has 1 aliphatic rings. The van der Waals surface area contributed by atoms with E-state index in [4.69, 9.17) is 4.74 Å². The Labute approximate surface area is 77.6 Å². The molecule has 1 fully saturated rings. The first-order valence-corrected chi connectivity index (χ1v) is 4.63. The summed E-state index contributed by atoms with van der Waals surface area (Å²) in [6.45, 7) is 2.67. The molecule has 1 rings (SSSR count). The number of hydrogen-bond acceptors (Lipinski definition) is 4. The fraction of sp³-hybridized carbons (Fsp3) is 0.778. The fourth-order valence-electron chi connectivity index (χ4n) is 1.41. The molecule has 4 nitrogen and oxygen atoms in total. The number of Topliss-reactive ketones (excluding diaryl/α,β-unsaturated/α-hetero) is 1. The van der Waals surface area contributed by atoms with E-state index >= 15 is 0 Å². The monoisotopic (exact) mass is 185 g/mol. The van der Waals surface area contributed by atoms with E-state index in [0.717, 1.165) is 0 Å². The van der Waals surface area contributed by atoms with E-state index in [1.165, 1.54) is 0 Å². The maximum absolute atomic E-state index is 10.9. The van der Waals surface area contributed by atoms with Gasteiger partial charge in [0.1, 0.15) is 5.78 Å². The molecule has 13 heavy (non-hydrogen) atoms. The van der Waals surface area contributed by atoms with Gasteiger partial charge < -0.3 is 10.1 Å². The van der Waals surface area contributed by atoms with E-state index in [1.807, 2.05) is 0 Å². The van der Waals surface area contributed by atoms with Crippen LogP contribution in [0.25, 0.3) is 0 Å². The lowest BCUT2D eigenvalue weighted by Gasteiger charge is -2.07. The van der Waals surface area contributed by atoms with Crippen molar-refractivity contribution in [3.8, 4) is 0 Å². The minimum Gasteiger partial charge on any atom is -0.466 e. The molecule has 0 aromatic rings. The topological polar surface area (TPSA) is 55.4 Å². The summed E-state index contributed by atoms with van der Waals surface area (Å²) in [6, 6.07) is 0.178. The molecule has 74 valence electrons. The summed E-state index contributed by atoms with van der Waals surface area (Å²) < 4.78 is 4.78. The number of ether oxygens (including phenoxy) is 1. The van der Waals surface area contributed by atoms with Crippen molar-refractivity contribution >= 4 is 11.8 Å². The Morgan fingerprint density at radius 3 is 3.00 bits per heavy atom. The van der Waals surface area contributed by atoms with Crippen LogP contribution < -0.4 is 5.32 Å². The van der Waals surface area contributed by atoms with Gasteiger partial charge in [-0.2, -0.15) is 0 Å². The van der Waals surface area contributed by atoms with Crippen molar-refractivity contribution in [1.29, 1.82) is 0 Å². The number of carbonyl (C=O) groups is 2. The summed E-state index contributed by atoms with van der Waals surface area (Å²) >= 11 is 0. The number of carbonyl (C=O) groups excluding carboxylic acids is 2. The highest BCUT2D eigenvalue weighted by Gasteiger charge is 2.21. The van der Waals surface area contributed by atoms with Crippen LogP contribution in [0.2, 0.25) is 0 Å². The van der Waals surface area contributed by atoms with Crippen LogP contribution in [0.1, 0.15) is 26.2 Å². The summed E-state index contributed by atoms with van der Waals surface area (Å²) in [4.78, 5) is 21.8. The van der Waals surface area contributed by atoms with Crippen molar-refractivity contribution in [2.24, 2.45) is 0 Å². The summed E-state index contributed by atoms with van der Waals surface area (Å²) in [6.07, 6.45) is 1.66. The third kappa shape index (κ3) is 3.55. The van der Waals surface area contributed by atoms with Gasteiger partial charge in [-0.1, -0.05) is 0 Å². The third-order valence-corrected chi connectivity index (χ3v) is 2.06. The van der Waals surface area contributed by atoms with Crippen LogP contribution in [0.3, 0.4) is 0 Å². The standard InChI is InChI=1S/C9H15NO3/c1-2-13-9(12)4-3-7-5-8(11)6-10-7/h7,10H,2-6H2,1H3. The quantitative estimate of drug-likeness (QED) is 0.638. The third-order valence-electron chi connectivity index (χ3n) is 2.06. The van der Waals surface area contributed by atoms with Crippen LogP contribution in [-0.2, 0) is 14.3 Å². The second-order valence-electron chi connectivity index (χ2n) is 3.16. The first-order valence-electron chi connectivity index (χ1n) is 4.63. The smallest absolute Gasteiger partial charge is 0.305 e. The van der Waals surface area contributed by atoms with Crippen molar-refractivity contribution in [2.75, 3.05) is 13.2 Å². The Balaban J connectivity index is 2.12. The molecule has 0 amide bonds. The molecule has 1 heterocycles. The van der Waals surface area contributed by atoms with Crippen molar-refractivity contribution in [2.45, 2.75) is 32.2 Å². The van der Waals surface area contributed by atoms with Crippen LogP contribution in [0.4, 0.5) is 0 Å². The van der Waals surface area contributed by atoms with E-state index in [2.05, 4.69) is 5.32 Å². The molecule has 0 spiro atoms. The highest BCUT2D eigenvalue weighted by atomic mass is 16.5. The van der Waals surface area contributed by atoms with Crippen molar-refractivity contribution in [3.05, 3.63) is 0 Å². The van der Waals surface area contributed by atoms with Gasteiger partial charge in [-0.25, -0.2) is 0 Å². The Kier molecular flexibility index (Phi) is 3.89. The number of ketones is 1. The van der Waals surface area contributed by atoms with E-state index in [1.54, 1.807) is 6.92 Å². The van der Waals surface area contributed by atoms with Crippen LogP contribution >= 0.6 is 0 Å². The lowest BCUT2D eigenvalue weighted by atomic mass is 10.1. The molecule has 0 aliphatic carbocycles. The Hall–Kier alpha value is -0.900. The molecule has 0 saturated carbocycles. The number of nitrogens with one attached hydrogen (secondary N) is 1. The zero-order valence-corrected chi connectivity index (χ0v) is 7.84. The molecule has 0 bridgehead atoms. The minimum atomic E-state index is -0.177. The predicted molar refractivity (Wildman–Crippen MR) is 47.3 cm³/mol. The largest absolute Gasteiger partial charge is 0.466 e. The SMILES string of the molecule is CCOC(=O)CCC1CC(=O)CN1. The molecule has 1 unspecified atom stereocenters. The van der Waals surface area contributed by atoms with Crippen molar-refractivity contribution in [1.82, 2.24) is 5.32 Å². The van der Waals surface area contributed by atoms with Crippen LogP contribution in [0.15, 0.2) is 0 Å². The van der Waals surface area contributed by atoms with Gasteiger partial charge in [0.2, 0.25) is 0 Å². The van der Waals surface area contributed by atoms with Gasteiger partial charge in [-0.3, -0.25) is 9.59 Å². The van der Waals surface area contributed by atoms with Gasteiger partial charge in [-0.15, -0.1) is 0 Å². The summed E-state index contributed by atoms with van der Waals surface area (Å²) in [5.74, 6) is 0.0532. The zero-order valence-electron chi connectivity index (χ0n) is 7.84. The van der Waals surface area contributed by atoms with Crippen molar-refractivity contribution < 1.29 is 14.3 Å². The summed E-state index contributed by atoms with van der Waals surface area (Å²) in [5, 5.41) is 3.05. The van der Waals surface area contributed by atoms with E-state index in [9.17, 15) is 9.59 Å². The molecule has 1 aliphatic heterocycles. The average Bonchev–Trinajstić information content (AvgIpc) is 2.49. The molecule has 1 atom stereocenters. The average molecular weight is 185 g/mol. The fourth-order valence-corrected chi connectivity index (χ4v) is 1.41. The second-order valence-corrected chi connectivity index (χ2v) is 3.16. The van der Waals surface area contributed by atoms with Crippen molar-refractivity contribution in [3.63, 3.8) is 0 Å². The lowest BCUT2D eigenvalue weighted by Crippen LogP contribution is -2.22. The van der Waals surface area contributed by atoms with Gasteiger partial charge in [0.25, 0.3) is 0 Å². The van der Waals surface area contributed by atoms with Gasteiger partial charge in [0.05, 0.1) is 13.2 Å². The van der Waals surface area contributed by atoms with Crippen LogP contribution in [0, 0.1) is 0 Å². The maximum atomic E-state index is 10.9. The van der Waals surface area contributed by atoms with Gasteiger partial charge in [0, 0.05) is 18.9 Å². The molecular weight excluding hydrogens is 170 g/mol. The second kappa shape index (κ2) is 4.97. The Bertz CT molecular complexity index is 203. The number of esters is 1. The molecular formula is C9H15NO3. The zero-order chi connectivity index (χ0) is 9.68.